The highest BCUT2D eigenvalue weighted by Gasteiger charge is 2.22. The van der Waals surface area contributed by atoms with E-state index in [0.717, 1.165) is 17.3 Å². The van der Waals surface area contributed by atoms with E-state index in [1.54, 1.807) is 28.8 Å². The second-order valence-corrected chi connectivity index (χ2v) is 10.8. The molecule has 0 aliphatic rings. The third-order valence-corrected chi connectivity index (χ3v) is 7.88. The molecular formula is C24H23N7O3S2. The van der Waals surface area contributed by atoms with Crippen molar-refractivity contribution >= 4 is 33.3 Å². The predicted octanol–water partition coefficient (Wildman–Crippen LogP) is 3.37. The van der Waals surface area contributed by atoms with Crippen LogP contribution < -0.4 is 5.32 Å². The van der Waals surface area contributed by atoms with Crippen LogP contribution in [0.4, 0.5) is 5.82 Å². The van der Waals surface area contributed by atoms with Gasteiger partial charge in [0.1, 0.15) is 23.2 Å². The van der Waals surface area contributed by atoms with Crippen molar-refractivity contribution in [2.75, 3.05) is 11.1 Å². The summed E-state index contributed by atoms with van der Waals surface area (Å²) < 4.78 is 28.9. The average molecular weight is 522 g/mol. The fraction of sp³-hybridized carbons (Fsp3) is 0.208. The van der Waals surface area contributed by atoms with Gasteiger partial charge in [-0.05, 0) is 38.1 Å². The van der Waals surface area contributed by atoms with Crippen molar-refractivity contribution < 1.29 is 13.2 Å². The first-order chi connectivity index (χ1) is 17.3. The SMILES string of the molecule is CCn1c(CS(=O)(=O)c2ccc(C)cc2)nnc1SCC(=O)Nc1c(C#N)cnn1-c1ccccc1. The summed E-state index contributed by atoms with van der Waals surface area (Å²) in [5, 5.41) is 25.0. The van der Waals surface area contributed by atoms with E-state index in [0.29, 0.717) is 23.2 Å². The van der Waals surface area contributed by atoms with Crippen LogP contribution in [0.2, 0.25) is 0 Å². The van der Waals surface area contributed by atoms with E-state index in [-0.39, 0.29) is 33.7 Å². The Morgan fingerprint density at radius 2 is 1.83 bits per heavy atom. The number of hydrogen-bond acceptors (Lipinski definition) is 8. The molecule has 0 atom stereocenters. The van der Waals surface area contributed by atoms with E-state index < -0.39 is 9.84 Å². The van der Waals surface area contributed by atoms with E-state index in [1.165, 1.54) is 10.9 Å². The zero-order chi connectivity index (χ0) is 25.7. The summed E-state index contributed by atoms with van der Waals surface area (Å²) in [4.78, 5) is 13.0. The molecule has 2 aromatic heterocycles. The topological polar surface area (TPSA) is 136 Å². The molecule has 0 fully saturated rings. The largest absolute Gasteiger partial charge is 0.309 e. The maximum atomic E-state index is 12.9. The van der Waals surface area contributed by atoms with Crippen molar-refractivity contribution in [3.8, 4) is 11.8 Å². The molecule has 1 N–H and O–H groups in total. The molecule has 0 aliphatic heterocycles. The van der Waals surface area contributed by atoms with Gasteiger partial charge in [0.15, 0.2) is 20.8 Å². The van der Waals surface area contributed by atoms with Crippen LogP contribution in [0.3, 0.4) is 0 Å². The van der Waals surface area contributed by atoms with Gasteiger partial charge in [0.2, 0.25) is 5.91 Å². The van der Waals surface area contributed by atoms with Gasteiger partial charge in [-0.2, -0.15) is 10.4 Å². The Bertz CT molecular complexity index is 1520. The summed E-state index contributed by atoms with van der Waals surface area (Å²) in [5.74, 6) is -0.112. The van der Waals surface area contributed by atoms with Crippen LogP contribution in [0.25, 0.3) is 5.69 Å². The Labute approximate surface area is 212 Å². The molecule has 0 saturated heterocycles. The lowest BCUT2D eigenvalue weighted by Gasteiger charge is -2.10. The van der Waals surface area contributed by atoms with Gasteiger partial charge in [-0.25, -0.2) is 13.1 Å². The third kappa shape index (κ3) is 5.48. The number of nitriles is 1. The van der Waals surface area contributed by atoms with Crippen molar-refractivity contribution in [3.63, 3.8) is 0 Å². The lowest BCUT2D eigenvalue weighted by Crippen LogP contribution is -2.18. The van der Waals surface area contributed by atoms with Gasteiger partial charge in [-0.3, -0.25) is 4.79 Å². The van der Waals surface area contributed by atoms with Gasteiger partial charge in [0.05, 0.1) is 22.5 Å². The highest BCUT2D eigenvalue weighted by Crippen LogP contribution is 2.23. The Balaban J connectivity index is 1.47. The van der Waals surface area contributed by atoms with Crippen LogP contribution in [0.1, 0.15) is 23.9 Å². The molecule has 4 aromatic rings. The van der Waals surface area contributed by atoms with Crippen molar-refractivity contribution in [3.05, 3.63) is 77.7 Å². The molecule has 0 radical (unpaired) electrons. The molecule has 0 saturated carbocycles. The fourth-order valence-corrected chi connectivity index (χ4v) is 5.55. The molecule has 4 rings (SSSR count). The Morgan fingerprint density at radius 3 is 2.50 bits per heavy atom. The number of amides is 1. The number of carbonyl (C=O) groups is 1. The Morgan fingerprint density at radius 1 is 1.11 bits per heavy atom. The number of nitrogens with zero attached hydrogens (tertiary/aromatic N) is 6. The summed E-state index contributed by atoms with van der Waals surface area (Å²) >= 11 is 1.13. The molecule has 36 heavy (non-hydrogen) atoms. The standard InChI is InChI=1S/C24H23N7O3S2/c1-3-30-21(16-36(33,34)20-11-9-17(2)10-12-20)28-29-24(30)35-15-22(32)27-23-18(13-25)14-26-31(23)19-7-5-4-6-8-19/h4-12,14H,3,15-16H2,1-2H3,(H,27,32). The molecule has 2 heterocycles. The van der Waals surface area contributed by atoms with Crippen molar-refractivity contribution in [1.29, 1.82) is 5.26 Å². The minimum absolute atomic E-state index is 0.0202. The third-order valence-electron chi connectivity index (χ3n) is 5.29. The number of para-hydroxylation sites is 1. The lowest BCUT2D eigenvalue weighted by atomic mass is 10.2. The van der Waals surface area contributed by atoms with E-state index in [9.17, 15) is 18.5 Å². The number of anilines is 1. The number of aromatic nitrogens is 5. The highest BCUT2D eigenvalue weighted by atomic mass is 32.2. The van der Waals surface area contributed by atoms with Gasteiger partial charge in [-0.15, -0.1) is 10.2 Å². The number of carbonyl (C=O) groups excluding carboxylic acids is 1. The molecule has 0 spiro atoms. The van der Waals surface area contributed by atoms with E-state index in [2.05, 4.69) is 20.6 Å². The molecule has 0 unspecified atom stereocenters. The predicted molar refractivity (Wildman–Crippen MR) is 135 cm³/mol. The van der Waals surface area contributed by atoms with Crippen LogP contribution in [-0.2, 0) is 26.9 Å². The molecule has 0 aliphatic carbocycles. The molecule has 2 aromatic carbocycles. The van der Waals surface area contributed by atoms with E-state index in [4.69, 9.17) is 0 Å². The quantitative estimate of drug-likeness (QED) is 0.331. The molecule has 10 nitrogen and oxygen atoms in total. The van der Waals surface area contributed by atoms with Crippen molar-refractivity contribution in [2.24, 2.45) is 0 Å². The minimum Gasteiger partial charge on any atom is -0.309 e. The van der Waals surface area contributed by atoms with Gasteiger partial charge in [0, 0.05) is 6.54 Å². The van der Waals surface area contributed by atoms with Crippen LogP contribution in [0, 0.1) is 18.3 Å². The van der Waals surface area contributed by atoms with Crippen LogP contribution in [-0.4, -0.2) is 44.6 Å². The summed E-state index contributed by atoms with van der Waals surface area (Å²) in [6, 6.07) is 17.8. The monoisotopic (exact) mass is 521 g/mol. The Kier molecular flexibility index (Phi) is 7.52. The minimum atomic E-state index is -3.61. The van der Waals surface area contributed by atoms with E-state index >= 15 is 0 Å². The maximum absolute atomic E-state index is 12.9. The zero-order valence-electron chi connectivity index (χ0n) is 19.6. The number of thioether (sulfide) groups is 1. The fourth-order valence-electron chi connectivity index (χ4n) is 3.46. The van der Waals surface area contributed by atoms with Gasteiger partial charge in [-0.1, -0.05) is 47.7 Å². The second kappa shape index (κ2) is 10.8. The molecule has 12 heteroatoms. The molecule has 1 amide bonds. The van der Waals surface area contributed by atoms with Crippen molar-refractivity contribution in [1.82, 2.24) is 24.5 Å². The normalized spacial score (nSPS) is 11.2. The molecule has 0 bridgehead atoms. The van der Waals surface area contributed by atoms with Gasteiger partial charge >= 0.3 is 0 Å². The van der Waals surface area contributed by atoms with Crippen LogP contribution >= 0.6 is 11.8 Å². The maximum Gasteiger partial charge on any atom is 0.236 e. The van der Waals surface area contributed by atoms with Crippen LogP contribution in [0.5, 0.6) is 0 Å². The first kappa shape index (κ1) is 25.2. The number of rotatable bonds is 9. The number of hydrogen-bond donors (Lipinski definition) is 1. The second-order valence-electron chi connectivity index (χ2n) is 7.82. The average Bonchev–Trinajstić information content (AvgIpc) is 3.46. The number of aryl methyl sites for hydroxylation is 1. The summed E-state index contributed by atoms with van der Waals surface area (Å²) in [7, 11) is -3.61. The van der Waals surface area contributed by atoms with Crippen molar-refractivity contribution in [2.45, 2.75) is 36.2 Å². The van der Waals surface area contributed by atoms with Gasteiger partial charge in [0.25, 0.3) is 0 Å². The summed E-state index contributed by atoms with van der Waals surface area (Å²) in [6.45, 7) is 4.18. The summed E-state index contributed by atoms with van der Waals surface area (Å²) in [6.07, 6.45) is 1.39. The van der Waals surface area contributed by atoms with Crippen LogP contribution in [0.15, 0.2) is 70.8 Å². The number of benzene rings is 2. The molecular weight excluding hydrogens is 498 g/mol. The first-order valence-electron chi connectivity index (χ1n) is 11.0. The lowest BCUT2D eigenvalue weighted by molar-refractivity contribution is -0.113. The molecule has 184 valence electrons. The first-order valence-corrected chi connectivity index (χ1v) is 13.6. The summed E-state index contributed by atoms with van der Waals surface area (Å²) in [5.41, 5.74) is 1.90. The number of nitrogens with one attached hydrogen (secondary N) is 1. The Hall–Kier alpha value is -3.95. The van der Waals surface area contributed by atoms with Gasteiger partial charge < -0.3 is 9.88 Å². The smallest absolute Gasteiger partial charge is 0.236 e. The number of sulfone groups is 1. The highest BCUT2D eigenvalue weighted by molar-refractivity contribution is 7.99. The van der Waals surface area contributed by atoms with E-state index in [1.807, 2.05) is 50.2 Å². The zero-order valence-corrected chi connectivity index (χ0v) is 21.3.